The van der Waals surface area contributed by atoms with Gasteiger partial charge in [-0.1, -0.05) is 32.6 Å². The molecule has 0 fully saturated rings. The summed E-state index contributed by atoms with van der Waals surface area (Å²) in [7, 11) is 0. The zero-order valence-corrected chi connectivity index (χ0v) is 17.6. The Kier molecular flexibility index (Phi) is 14.4. The van der Waals surface area contributed by atoms with E-state index in [1.165, 1.54) is 6.92 Å². The van der Waals surface area contributed by atoms with Gasteiger partial charge in [0.15, 0.2) is 6.29 Å². The third-order valence-corrected chi connectivity index (χ3v) is 5.31. The Bertz CT molecular complexity index is 577. The van der Waals surface area contributed by atoms with Gasteiger partial charge in [-0.05, 0) is 19.3 Å². The lowest BCUT2D eigenvalue weighted by Gasteiger charge is -2.22. The van der Waals surface area contributed by atoms with Gasteiger partial charge in [0.2, 0.25) is 18.1 Å². The third-order valence-electron chi connectivity index (χ3n) is 5.31. The summed E-state index contributed by atoms with van der Waals surface area (Å²) in [6.45, 7) is 1.46. The van der Waals surface area contributed by atoms with Crippen molar-refractivity contribution in [1.82, 2.24) is 0 Å². The normalized spacial score (nSPS) is 17.2. The number of aliphatic hydroxyl groups excluding tert-OH is 3. The lowest BCUT2D eigenvalue weighted by Crippen LogP contribution is -2.46. The maximum absolute atomic E-state index is 11.3. The van der Waals surface area contributed by atoms with E-state index < -0.39 is 64.0 Å². The molecule has 0 rings (SSSR count). The molecule has 0 aromatic rings. The number of unbranched alkanes of at least 4 members (excludes halogenated alkanes) is 5. The summed E-state index contributed by atoms with van der Waals surface area (Å²) in [5, 5.41) is 63.9. The van der Waals surface area contributed by atoms with Crippen LogP contribution in [0.4, 0.5) is 0 Å². The van der Waals surface area contributed by atoms with Crippen molar-refractivity contribution in [1.29, 1.82) is 0 Å². The first kappa shape index (κ1) is 28.8. The van der Waals surface area contributed by atoms with Crippen LogP contribution in [0.5, 0.6) is 0 Å². The Hall–Kier alpha value is -2.25. The highest BCUT2D eigenvalue weighted by molar-refractivity contribution is 5.50. The second-order valence-electron chi connectivity index (χ2n) is 7.59. The first-order valence-corrected chi connectivity index (χ1v) is 10.4. The van der Waals surface area contributed by atoms with Crippen molar-refractivity contribution >= 4 is 6.29 Å². The number of rotatable bonds is 19. The first-order chi connectivity index (χ1) is 14.6. The lowest BCUT2D eigenvalue weighted by atomic mass is 9.92. The maximum Gasteiger partial charge on any atom is 0.245 e. The molecule has 0 aliphatic rings. The van der Waals surface area contributed by atoms with Gasteiger partial charge in [0.1, 0.15) is 18.3 Å². The van der Waals surface area contributed by atoms with Gasteiger partial charge in [0.05, 0.1) is 12.8 Å². The van der Waals surface area contributed by atoms with Gasteiger partial charge < -0.3 is 15.3 Å². The van der Waals surface area contributed by atoms with E-state index in [-0.39, 0.29) is 12.8 Å². The molecule has 6 atom stereocenters. The fourth-order valence-electron chi connectivity index (χ4n) is 3.35. The molecule has 0 aliphatic carbocycles. The SMILES string of the molecule is CCC(O)C(CC(C(O)CC(C(O)CCCCCCC[C]=O)[N+](=O)[O-])[N+](=O)[O-])[N+](=O)[O-]. The molecule has 6 unspecified atom stereocenters. The number of hydrogen-bond acceptors (Lipinski definition) is 10. The second kappa shape index (κ2) is 15.5. The first-order valence-electron chi connectivity index (χ1n) is 10.4. The van der Waals surface area contributed by atoms with Gasteiger partial charge in [-0.3, -0.25) is 35.1 Å². The van der Waals surface area contributed by atoms with Gasteiger partial charge in [0.25, 0.3) is 0 Å². The molecule has 13 nitrogen and oxygen atoms in total. The minimum absolute atomic E-state index is 0.0319. The number of nitrogens with zero attached hydrogens (tertiary/aromatic N) is 3. The molecule has 0 aromatic heterocycles. The molecule has 0 heterocycles. The average Bonchev–Trinajstić information content (AvgIpc) is 2.70. The largest absolute Gasteiger partial charge is 0.386 e. The minimum Gasteiger partial charge on any atom is -0.386 e. The van der Waals surface area contributed by atoms with E-state index in [0.717, 1.165) is 12.8 Å². The monoisotopic (exact) mass is 450 g/mol. The number of carbonyl (C=O) groups excluding carboxylic acids is 1. The smallest absolute Gasteiger partial charge is 0.245 e. The molecule has 0 aliphatic heterocycles. The van der Waals surface area contributed by atoms with E-state index in [2.05, 4.69) is 0 Å². The maximum atomic E-state index is 11.3. The standard InChI is InChI=1S/C18H32N3O10/c1-2-16(23)13(19(26)27)11-14(20(28)29)18(25)12-15(21(30)31)17(24)9-7-5-3-4-6-8-10-22/h13-18,23-25H,2-9,11-12H2,1H3. The average molecular weight is 450 g/mol. The molecule has 0 saturated heterocycles. The van der Waals surface area contributed by atoms with Crippen molar-refractivity contribution in [3.05, 3.63) is 30.3 Å². The number of hydrogen-bond donors (Lipinski definition) is 3. The Morgan fingerprint density at radius 3 is 1.65 bits per heavy atom. The predicted octanol–water partition coefficient (Wildman–Crippen LogP) is 1.04. The molecular formula is C18H32N3O10. The summed E-state index contributed by atoms with van der Waals surface area (Å²) in [6.07, 6.45) is -0.869. The summed E-state index contributed by atoms with van der Waals surface area (Å²) in [5.74, 6) is 0. The van der Waals surface area contributed by atoms with Crippen LogP contribution in [0.25, 0.3) is 0 Å². The molecule has 0 spiro atoms. The highest BCUT2D eigenvalue weighted by atomic mass is 16.6. The van der Waals surface area contributed by atoms with Crippen LogP contribution in [0.3, 0.4) is 0 Å². The quantitative estimate of drug-likeness (QED) is 0.145. The zero-order chi connectivity index (χ0) is 24.0. The van der Waals surface area contributed by atoms with Crippen molar-refractivity contribution in [2.75, 3.05) is 0 Å². The minimum atomic E-state index is -1.91. The van der Waals surface area contributed by atoms with Gasteiger partial charge in [-0.15, -0.1) is 0 Å². The Balaban J connectivity index is 4.94. The van der Waals surface area contributed by atoms with Gasteiger partial charge in [0, 0.05) is 21.2 Å². The van der Waals surface area contributed by atoms with Crippen molar-refractivity contribution in [2.45, 2.75) is 108 Å². The molecule has 0 amide bonds. The Morgan fingerprint density at radius 2 is 1.16 bits per heavy atom. The molecule has 0 saturated carbocycles. The molecule has 1 radical (unpaired) electrons. The summed E-state index contributed by atoms with van der Waals surface area (Å²) in [4.78, 5) is 41.3. The van der Waals surface area contributed by atoms with Crippen LogP contribution in [0.15, 0.2) is 0 Å². The van der Waals surface area contributed by atoms with Crippen molar-refractivity contribution in [3.8, 4) is 0 Å². The van der Waals surface area contributed by atoms with Gasteiger partial charge in [-0.25, -0.2) is 0 Å². The number of aliphatic hydroxyl groups is 3. The topological polar surface area (TPSA) is 207 Å². The lowest BCUT2D eigenvalue weighted by molar-refractivity contribution is -0.577. The van der Waals surface area contributed by atoms with Crippen molar-refractivity contribution in [3.63, 3.8) is 0 Å². The van der Waals surface area contributed by atoms with Gasteiger partial charge in [-0.2, -0.15) is 0 Å². The summed E-state index contributed by atoms with van der Waals surface area (Å²) >= 11 is 0. The van der Waals surface area contributed by atoms with Gasteiger partial charge >= 0.3 is 0 Å². The molecule has 0 aromatic carbocycles. The summed E-state index contributed by atoms with van der Waals surface area (Å²) in [6, 6.07) is -5.28. The van der Waals surface area contributed by atoms with Crippen LogP contribution in [-0.4, -0.2) is 72.8 Å². The van der Waals surface area contributed by atoms with Crippen LogP contribution in [-0.2, 0) is 4.79 Å². The Morgan fingerprint density at radius 1 is 0.710 bits per heavy atom. The van der Waals surface area contributed by atoms with Crippen LogP contribution < -0.4 is 0 Å². The molecular weight excluding hydrogens is 418 g/mol. The van der Waals surface area contributed by atoms with E-state index in [1.54, 1.807) is 6.29 Å². The van der Waals surface area contributed by atoms with Crippen LogP contribution >= 0.6 is 0 Å². The fourth-order valence-corrected chi connectivity index (χ4v) is 3.35. The van der Waals surface area contributed by atoms with E-state index in [0.29, 0.717) is 25.7 Å². The van der Waals surface area contributed by atoms with E-state index >= 15 is 0 Å². The molecule has 179 valence electrons. The third kappa shape index (κ3) is 11.1. The highest BCUT2D eigenvalue weighted by Gasteiger charge is 2.44. The van der Waals surface area contributed by atoms with Crippen LogP contribution in [0.1, 0.15) is 71.1 Å². The van der Waals surface area contributed by atoms with E-state index in [4.69, 9.17) is 0 Å². The Labute approximate surface area is 179 Å². The van der Waals surface area contributed by atoms with Crippen molar-refractivity contribution in [2.24, 2.45) is 0 Å². The van der Waals surface area contributed by atoms with Crippen LogP contribution in [0.2, 0.25) is 0 Å². The summed E-state index contributed by atoms with van der Waals surface area (Å²) < 4.78 is 0. The molecule has 3 N–H and O–H groups in total. The van der Waals surface area contributed by atoms with E-state index in [1.807, 2.05) is 0 Å². The summed E-state index contributed by atoms with van der Waals surface area (Å²) in [5.41, 5.74) is 0. The van der Waals surface area contributed by atoms with Crippen molar-refractivity contribution < 1.29 is 34.9 Å². The predicted molar refractivity (Wildman–Crippen MR) is 108 cm³/mol. The molecule has 0 bridgehead atoms. The molecule has 13 heteroatoms. The fraction of sp³-hybridized carbons (Fsp3) is 0.944. The van der Waals surface area contributed by atoms with E-state index in [9.17, 15) is 50.5 Å². The zero-order valence-electron chi connectivity index (χ0n) is 17.6. The highest BCUT2D eigenvalue weighted by Crippen LogP contribution is 2.21. The van der Waals surface area contributed by atoms with Crippen LogP contribution in [0, 0.1) is 30.3 Å². The second-order valence-corrected chi connectivity index (χ2v) is 7.59. The number of nitro groups is 3. The molecule has 31 heavy (non-hydrogen) atoms.